The molecule has 0 aromatic heterocycles. The predicted molar refractivity (Wildman–Crippen MR) is 147 cm³/mol. The normalized spacial score (nSPS) is 17.4. The molecule has 2 aliphatic heterocycles. The Morgan fingerprint density at radius 1 is 0.816 bits per heavy atom. The Morgan fingerprint density at radius 3 is 2.18 bits per heavy atom. The summed E-state index contributed by atoms with van der Waals surface area (Å²) in [6, 6.07) is 21.1. The number of carbonyl (C=O) groups excluding carboxylic acids is 2. The summed E-state index contributed by atoms with van der Waals surface area (Å²) in [6.45, 7) is 5.58. The fraction of sp³-hybridized carbons (Fsp3) is 0.333. The lowest BCUT2D eigenvalue weighted by molar-refractivity contribution is 0.0587. The molecular formula is C30H34N4O4. The van der Waals surface area contributed by atoms with E-state index in [9.17, 15) is 9.59 Å². The van der Waals surface area contributed by atoms with Crippen molar-refractivity contribution >= 4 is 17.5 Å². The van der Waals surface area contributed by atoms with Crippen molar-refractivity contribution in [2.24, 2.45) is 5.73 Å². The number of methoxy groups -OCH3 is 2. The molecule has 5 rings (SSSR count). The van der Waals surface area contributed by atoms with Crippen molar-refractivity contribution in [3.05, 3.63) is 89.0 Å². The van der Waals surface area contributed by atoms with Crippen LogP contribution in [-0.2, 0) is 0 Å². The summed E-state index contributed by atoms with van der Waals surface area (Å²) >= 11 is 0. The van der Waals surface area contributed by atoms with Crippen LogP contribution in [0.5, 0.6) is 11.5 Å². The monoisotopic (exact) mass is 514 g/mol. The third-order valence-corrected chi connectivity index (χ3v) is 7.74. The largest absolute Gasteiger partial charge is 0.493 e. The zero-order valence-corrected chi connectivity index (χ0v) is 22.1. The number of benzene rings is 3. The first-order valence-corrected chi connectivity index (χ1v) is 12.9. The highest BCUT2D eigenvalue weighted by molar-refractivity contribution is 6.24. The van der Waals surface area contributed by atoms with Crippen molar-refractivity contribution in [3.8, 4) is 11.5 Å². The second kappa shape index (κ2) is 10.8. The van der Waals surface area contributed by atoms with Gasteiger partial charge in [0.1, 0.15) is 0 Å². The highest BCUT2D eigenvalue weighted by Gasteiger charge is 2.42. The molecule has 0 bridgehead atoms. The van der Waals surface area contributed by atoms with Gasteiger partial charge in [0.05, 0.1) is 37.1 Å². The van der Waals surface area contributed by atoms with Crippen molar-refractivity contribution in [1.29, 1.82) is 0 Å². The molecule has 2 amide bonds. The van der Waals surface area contributed by atoms with E-state index in [0.29, 0.717) is 34.2 Å². The zero-order valence-electron chi connectivity index (χ0n) is 22.1. The van der Waals surface area contributed by atoms with Crippen LogP contribution < -0.4 is 20.1 Å². The van der Waals surface area contributed by atoms with Gasteiger partial charge in [-0.1, -0.05) is 42.5 Å². The minimum Gasteiger partial charge on any atom is -0.493 e. The number of ether oxygens (including phenoxy) is 2. The van der Waals surface area contributed by atoms with Crippen LogP contribution in [0.25, 0.3) is 0 Å². The fourth-order valence-electron chi connectivity index (χ4n) is 5.58. The lowest BCUT2D eigenvalue weighted by Crippen LogP contribution is -2.47. The Balaban J connectivity index is 1.38. The van der Waals surface area contributed by atoms with Gasteiger partial charge in [0.2, 0.25) is 0 Å². The van der Waals surface area contributed by atoms with Crippen LogP contribution in [0, 0.1) is 0 Å². The highest BCUT2D eigenvalue weighted by atomic mass is 16.5. The van der Waals surface area contributed by atoms with E-state index in [1.54, 1.807) is 32.4 Å². The molecular weight excluding hydrogens is 480 g/mol. The predicted octanol–water partition coefficient (Wildman–Crippen LogP) is 3.88. The maximum absolute atomic E-state index is 13.8. The van der Waals surface area contributed by atoms with E-state index < -0.39 is 6.04 Å². The zero-order chi connectivity index (χ0) is 26.8. The Bertz CT molecular complexity index is 1320. The molecule has 8 nitrogen and oxygen atoms in total. The summed E-state index contributed by atoms with van der Waals surface area (Å²) in [5, 5.41) is 0. The molecule has 1 unspecified atom stereocenters. The molecule has 0 spiro atoms. The van der Waals surface area contributed by atoms with E-state index in [1.807, 2.05) is 24.3 Å². The lowest BCUT2D eigenvalue weighted by Gasteiger charge is -2.39. The van der Waals surface area contributed by atoms with Gasteiger partial charge in [-0.05, 0) is 42.3 Å². The van der Waals surface area contributed by atoms with Gasteiger partial charge >= 0.3 is 0 Å². The Hall–Kier alpha value is -3.88. The van der Waals surface area contributed by atoms with Crippen molar-refractivity contribution in [2.45, 2.75) is 19.0 Å². The number of hydrogen-bond donors (Lipinski definition) is 1. The molecule has 2 aliphatic rings. The van der Waals surface area contributed by atoms with E-state index in [0.717, 1.165) is 31.9 Å². The molecule has 0 saturated carbocycles. The molecule has 1 fully saturated rings. The molecule has 2 heterocycles. The second-order valence-electron chi connectivity index (χ2n) is 9.66. The van der Waals surface area contributed by atoms with Crippen LogP contribution in [0.15, 0.2) is 66.7 Å². The van der Waals surface area contributed by atoms with Gasteiger partial charge in [-0.3, -0.25) is 19.4 Å². The molecule has 3 aromatic carbocycles. The van der Waals surface area contributed by atoms with Gasteiger partial charge < -0.3 is 20.1 Å². The van der Waals surface area contributed by atoms with Gasteiger partial charge in [-0.15, -0.1) is 0 Å². The van der Waals surface area contributed by atoms with Crippen LogP contribution in [0.2, 0.25) is 0 Å². The summed E-state index contributed by atoms with van der Waals surface area (Å²) in [5.41, 5.74) is 9.84. The van der Waals surface area contributed by atoms with Gasteiger partial charge in [-0.2, -0.15) is 0 Å². The standard InChI is InChI=1S/C30H34N4O4/c1-20(21-8-5-4-6-9-21)32-14-16-33(17-15-32)24-11-7-10-23-28(24)30(36)34(29(23)35)25(19-31)22-12-13-26(37-2)27(18-22)38-3/h4-13,18,20,25H,14-17,19,31H2,1-3H3/t20-,25?/m0/s1. The Morgan fingerprint density at radius 2 is 1.53 bits per heavy atom. The van der Waals surface area contributed by atoms with Gasteiger partial charge in [0, 0.05) is 38.8 Å². The number of anilines is 1. The van der Waals surface area contributed by atoms with Gasteiger partial charge in [-0.25, -0.2) is 0 Å². The molecule has 198 valence electrons. The van der Waals surface area contributed by atoms with Gasteiger partial charge in [0.25, 0.3) is 11.8 Å². The second-order valence-corrected chi connectivity index (χ2v) is 9.66. The summed E-state index contributed by atoms with van der Waals surface area (Å²) in [7, 11) is 3.11. The number of rotatable bonds is 8. The average Bonchev–Trinajstić information content (AvgIpc) is 3.23. The van der Waals surface area contributed by atoms with Gasteiger partial charge in [0.15, 0.2) is 11.5 Å². The summed E-state index contributed by atoms with van der Waals surface area (Å²) in [4.78, 5) is 33.4. The molecule has 2 atom stereocenters. The first-order chi connectivity index (χ1) is 18.5. The SMILES string of the molecule is COc1ccc(C(CN)N2C(=O)c3cccc(N4CCN([C@@H](C)c5ccccc5)CC4)c3C2=O)cc1OC. The minimum atomic E-state index is -0.626. The number of nitrogens with zero attached hydrogens (tertiary/aromatic N) is 3. The average molecular weight is 515 g/mol. The number of nitrogens with two attached hydrogens (primary N) is 1. The van der Waals surface area contributed by atoms with E-state index in [4.69, 9.17) is 15.2 Å². The highest BCUT2D eigenvalue weighted by Crippen LogP contribution is 2.38. The number of fused-ring (bicyclic) bond motifs is 1. The first-order valence-electron chi connectivity index (χ1n) is 12.9. The van der Waals surface area contributed by atoms with Crippen molar-refractivity contribution in [1.82, 2.24) is 9.80 Å². The third-order valence-electron chi connectivity index (χ3n) is 7.74. The van der Waals surface area contributed by atoms with E-state index in [1.165, 1.54) is 10.5 Å². The van der Waals surface area contributed by atoms with E-state index in [-0.39, 0.29) is 18.4 Å². The number of hydrogen-bond acceptors (Lipinski definition) is 7. The molecule has 1 saturated heterocycles. The lowest BCUT2D eigenvalue weighted by atomic mass is 10.0. The number of amides is 2. The van der Waals surface area contributed by atoms with Crippen LogP contribution in [-0.4, -0.2) is 68.6 Å². The van der Waals surface area contributed by atoms with Crippen molar-refractivity contribution in [3.63, 3.8) is 0 Å². The number of carbonyl (C=O) groups is 2. The van der Waals surface area contributed by atoms with Crippen molar-refractivity contribution in [2.75, 3.05) is 51.8 Å². The maximum atomic E-state index is 13.8. The van der Waals surface area contributed by atoms with Crippen molar-refractivity contribution < 1.29 is 19.1 Å². The van der Waals surface area contributed by atoms with Crippen LogP contribution >= 0.6 is 0 Å². The van der Waals surface area contributed by atoms with E-state index >= 15 is 0 Å². The summed E-state index contributed by atoms with van der Waals surface area (Å²) in [6.07, 6.45) is 0. The molecule has 0 aliphatic carbocycles. The van der Waals surface area contributed by atoms with E-state index in [2.05, 4.69) is 41.0 Å². The summed E-state index contributed by atoms with van der Waals surface area (Å²) in [5.74, 6) is 0.445. The topological polar surface area (TPSA) is 88.3 Å². The van der Waals surface area contributed by atoms with Crippen LogP contribution in [0.3, 0.4) is 0 Å². The van der Waals surface area contributed by atoms with Crippen LogP contribution in [0.4, 0.5) is 5.69 Å². The number of piperazine rings is 1. The molecule has 2 N–H and O–H groups in total. The number of imide groups is 1. The Kier molecular flexibility index (Phi) is 7.35. The summed E-state index contributed by atoms with van der Waals surface area (Å²) < 4.78 is 10.8. The third kappa shape index (κ3) is 4.50. The smallest absolute Gasteiger partial charge is 0.264 e. The van der Waals surface area contributed by atoms with Crippen LogP contribution in [0.1, 0.15) is 50.9 Å². The molecule has 3 aromatic rings. The Labute approximate surface area is 223 Å². The quantitative estimate of drug-likeness (QED) is 0.457. The molecule has 8 heteroatoms. The molecule has 38 heavy (non-hydrogen) atoms. The fourth-order valence-corrected chi connectivity index (χ4v) is 5.58. The first kappa shape index (κ1) is 25.8. The maximum Gasteiger partial charge on any atom is 0.264 e. The molecule has 0 radical (unpaired) electrons. The minimum absolute atomic E-state index is 0.0896.